The molecule has 1 N–H and O–H groups in total. The van der Waals surface area contributed by atoms with Crippen LogP contribution in [-0.4, -0.2) is 35.9 Å². The number of carbonyl (C=O) groups is 2. The molecular formula is C29H33ClN2O3. The van der Waals surface area contributed by atoms with Gasteiger partial charge in [-0.05, 0) is 48.2 Å². The molecule has 1 atom stereocenters. The summed E-state index contributed by atoms with van der Waals surface area (Å²) < 4.78 is 5.76. The van der Waals surface area contributed by atoms with Gasteiger partial charge in [-0.3, -0.25) is 9.59 Å². The van der Waals surface area contributed by atoms with Gasteiger partial charge in [0.1, 0.15) is 11.8 Å². The quantitative estimate of drug-likeness (QED) is 0.313. The molecule has 6 heteroatoms. The van der Waals surface area contributed by atoms with Gasteiger partial charge in [-0.25, -0.2) is 0 Å². The summed E-state index contributed by atoms with van der Waals surface area (Å²) in [6.07, 6.45) is 2.08. The van der Waals surface area contributed by atoms with Crippen LogP contribution in [0.2, 0.25) is 5.02 Å². The average Bonchev–Trinajstić information content (AvgIpc) is 2.88. The van der Waals surface area contributed by atoms with E-state index in [1.165, 1.54) is 0 Å². The minimum absolute atomic E-state index is 0.0887. The first-order valence-corrected chi connectivity index (χ1v) is 12.5. The Morgan fingerprint density at radius 3 is 2.31 bits per heavy atom. The van der Waals surface area contributed by atoms with Gasteiger partial charge in [0.25, 0.3) is 0 Å². The van der Waals surface area contributed by atoms with Gasteiger partial charge < -0.3 is 15.0 Å². The standard InChI is InChI=1S/C29H33ClN2O3/c1-2-18-31-29(34)27(21-23-11-5-3-6-12-23)32(22-24-13-9-14-25(30)20-24)28(33)17-10-19-35-26-15-7-4-8-16-26/h3-9,11-16,20,27H,2,10,17-19,21-22H2,1H3,(H,31,34)/t27-/m0/s1. The Morgan fingerprint density at radius 1 is 0.943 bits per heavy atom. The third-order valence-electron chi connectivity index (χ3n) is 5.61. The van der Waals surface area contributed by atoms with Crippen molar-refractivity contribution >= 4 is 23.4 Å². The highest BCUT2D eigenvalue weighted by atomic mass is 35.5. The van der Waals surface area contributed by atoms with E-state index in [9.17, 15) is 9.59 Å². The maximum Gasteiger partial charge on any atom is 0.243 e. The molecule has 0 saturated heterocycles. The van der Waals surface area contributed by atoms with Gasteiger partial charge in [-0.1, -0.05) is 79.2 Å². The summed E-state index contributed by atoms with van der Waals surface area (Å²) in [7, 11) is 0. The van der Waals surface area contributed by atoms with Crippen molar-refractivity contribution in [3.63, 3.8) is 0 Å². The van der Waals surface area contributed by atoms with Crippen LogP contribution in [0.1, 0.15) is 37.3 Å². The number of hydrogen-bond donors (Lipinski definition) is 1. The number of halogens is 1. The van der Waals surface area contributed by atoms with Gasteiger partial charge >= 0.3 is 0 Å². The lowest BCUT2D eigenvalue weighted by atomic mass is 10.0. The summed E-state index contributed by atoms with van der Waals surface area (Å²) in [4.78, 5) is 28.5. The Balaban J connectivity index is 1.78. The van der Waals surface area contributed by atoms with Gasteiger partial charge in [0.2, 0.25) is 11.8 Å². The van der Waals surface area contributed by atoms with Crippen LogP contribution < -0.4 is 10.1 Å². The zero-order valence-electron chi connectivity index (χ0n) is 20.2. The molecule has 0 radical (unpaired) electrons. The molecule has 35 heavy (non-hydrogen) atoms. The van der Waals surface area contributed by atoms with Crippen molar-refractivity contribution in [3.8, 4) is 5.75 Å². The van der Waals surface area contributed by atoms with E-state index in [-0.39, 0.29) is 18.2 Å². The molecule has 0 aliphatic heterocycles. The summed E-state index contributed by atoms with van der Waals surface area (Å²) in [5, 5.41) is 3.59. The largest absolute Gasteiger partial charge is 0.494 e. The molecule has 0 aromatic heterocycles. The number of nitrogens with zero attached hydrogens (tertiary/aromatic N) is 1. The van der Waals surface area contributed by atoms with Crippen LogP contribution in [0.4, 0.5) is 0 Å². The zero-order valence-corrected chi connectivity index (χ0v) is 20.9. The predicted molar refractivity (Wildman–Crippen MR) is 140 cm³/mol. The van der Waals surface area contributed by atoms with Gasteiger partial charge in [0.05, 0.1) is 6.61 Å². The first-order valence-electron chi connectivity index (χ1n) is 12.1. The Labute approximate surface area is 213 Å². The summed E-state index contributed by atoms with van der Waals surface area (Å²) in [6.45, 7) is 3.30. The van der Waals surface area contributed by atoms with Crippen LogP contribution in [-0.2, 0) is 22.6 Å². The summed E-state index contributed by atoms with van der Waals surface area (Å²) in [5.41, 5.74) is 1.88. The lowest BCUT2D eigenvalue weighted by Gasteiger charge is -2.31. The second kappa shape index (κ2) is 14.2. The minimum Gasteiger partial charge on any atom is -0.494 e. The van der Waals surface area contributed by atoms with E-state index in [1.54, 1.807) is 11.0 Å². The maximum absolute atomic E-state index is 13.5. The van der Waals surface area contributed by atoms with Crippen LogP contribution in [0.25, 0.3) is 0 Å². The number of benzene rings is 3. The smallest absolute Gasteiger partial charge is 0.243 e. The van der Waals surface area contributed by atoms with Crippen molar-refractivity contribution in [3.05, 3.63) is 101 Å². The Kier molecular flexibility index (Phi) is 10.6. The maximum atomic E-state index is 13.5. The highest BCUT2D eigenvalue weighted by Gasteiger charge is 2.30. The summed E-state index contributed by atoms with van der Waals surface area (Å²) >= 11 is 6.21. The molecule has 0 aliphatic carbocycles. The van der Waals surface area contributed by atoms with Crippen molar-refractivity contribution in [1.82, 2.24) is 10.2 Å². The number of ether oxygens (including phenoxy) is 1. The van der Waals surface area contributed by atoms with Crippen LogP contribution in [0.3, 0.4) is 0 Å². The zero-order chi connectivity index (χ0) is 24.9. The number of para-hydroxylation sites is 1. The Morgan fingerprint density at radius 2 is 1.63 bits per heavy atom. The first-order chi connectivity index (χ1) is 17.1. The van der Waals surface area contributed by atoms with E-state index >= 15 is 0 Å². The van der Waals surface area contributed by atoms with Crippen LogP contribution in [0.15, 0.2) is 84.9 Å². The average molecular weight is 493 g/mol. The SMILES string of the molecule is CCCNC(=O)[C@H](Cc1ccccc1)N(Cc1cccc(Cl)c1)C(=O)CCCOc1ccccc1. The molecule has 0 spiro atoms. The Hall–Kier alpha value is -3.31. The topological polar surface area (TPSA) is 58.6 Å². The number of hydrogen-bond acceptors (Lipinski definition) is 3. The van der Waals surface area contributed by atoms with Gasteiger partial charge in [-0.15, -0.1) is 0 Å². The monoisotopic (exact) mass is 492 g/mol. The predicted octanol–water partition coefficient (Wildman–Crippen LogP) is 5.67. The van der Waals surface area contributed by atoms with Gasteiger partial charge in [0, 0.05) is 31.0 Å². The van der Waals surface area contributed by atoms with Crippen LogP contribution in [0, 0.1) is 0 Å². The molecule has 0 aliphatic rings. The van der Waals surface area contributed by atoms with Gasteiger partial charge in [0.15, 0.2) is 0 Å². The molecular weight excluding hydrogens is 460 g/mol. The lowest BCUT2D eigenvalue weighted by Crippen LogP contribution is -2.50. The molecule has 184 valence electrons. The minimum atomic E-state index is -0.634. The molecule has 3 rings (SSSR count). The third-order valence-corrected chi connectivity index (χ3v) is 5.84. The number of amides is 2. The van der Waals surface area contributed by atoms with Crippen molar-refractivity contribution in [2.45, 2.75) is 45.2 Å². The normalized spacial score (nSPS) is 11.5. The highest BCUT2D eigenvalue weighted by molar-refractivity contribution is 6.30. The lowest BCUT2D eigenvalue weighted by molar-refractivity contribution is -0.141. The number of rotatable bonds is 13. The second-order valence-corrected chi connectivity index (χ2v) is 8.85. The van der Waals surface area contributed by atoms with Crippen molar-refractivity contribution in [2.75, 3.05) is 13.2 Å². The molecule has 3 aromatic rings. The molecule has 0 saturated carbocycles. The van der Waals surface area contributed by atoms with Gasteiger partial charge in [-0.2, -0.15) is 0 Å². The fourth-order valence-corrected chi connectivity index (χ4v) is 4.04. The molecule has 0 unspecified atom stereocenters. The van der Waals surface area contributed by atoms with E-state index in [2.05, 4.69) is 5.32 Å². The second-order valence-electron chi connectivity index (χ2n) is 8.41. The molecule has 2 amide bonds. The summed E-state index contributed by atoms with van der Waals surface area (Å²) in [5.74, 6) is 0.539. The van der Waals surface area contributed by atoms with Crippen molar-refractivity contribution in [1.29, 1.82) is 0 Å². The van der Waals surface area contributed by atoms with Crippen LogP contribution in [0.5, 0.6) is 5.75 Å². The van der Waals surface area contributed by atoms with Crippen molar-refractivity contribution in [2.24, 2.45) is 0 Å². The first kappa shape index (κ1) is 26.3. The molecule has 0 heterocycles. The third kappa shape index (κ3) is 8.76. The molecule has 0 fully saturated rings. The van der Waals surface area contributed by atoms with E-state index < -0.39 is 6.04 Å². The molecule has 3 aromatic carbocycles. The van der Waals surface area contributed by atoms with E-state index in [0.29, 0.717) is 37.6 Å². The highest BCUT2D eigenvalue weighted by Crippen LogP contribution is 2.19. The van der Waals surface area contributed by atoms with E-state index in [1.807, 2.05) is 85.8 Å². The Bertz CT molecular complexity index is 1060. The fraction of sp³-hybridized carbons (Fsp3) is 0.310. The fourth-order valence-electron chi connectivity index (χ4n) is 3.83. The molecule has 5 nitrogen and oxygen atoms in total. The molecule has 0 bridgehead atoms. The van der Waals surface area contributed by atoms with E-state index in [0.717, 1.165) is 23.3 Å². The van der Waals surface area contributed by atoms with Crippen molar-refractivity contribution < 1.29 is 14.3 Å². The number of carbonyl (C=O) groups excluding carboxylic acids is 2. The van der Waals surface area contributed by atoms with Crippen LogP contribution >= 0.6 is 11.6 Å². The van der Waals surface area contributed by atoms with E-state index in [4.69, 9.17) is 16.3 Å². The summed E-state index contributed by atoms with van der Waals surface area (Å²) in [6, 6.07) is 26.1. The number of nitrogens with one attached hydrogen (secondary N) is 1.